The molecule has 0 radical (unpaired) electrons. The van der Waals surface area contributed by atoms with Gasteiger partial charge in [0, 0.05) is 38.8 Å². The van der Waals surface area contributed by atoms with Crippen molar-refractivity contribution in [3.8, 4) is 0 Å². The van der Waals surface area contributed by atoms with Gasteiger partial charge in [-0.25, -0.2) is 13.6 Å². The van der Waals surface area contributed by atoms with Crippen LogP contribution in [0.4, 0.5) is 5.69 Å². The minimum absolute atomic E-state index is 0.0974. The van der Waals surface area contributed by atoms with Gasteiger partial charge in [0.05, 0.1) is 4.90 Å². The second kappa shape index (κ2) is 6.88. The normalized spacial score (nSPS) is 16.0. The lowest BCUT2D eigenvalue weighted by molar-refractivity contribution is -0.134. The number of hydrogen-bond donors (Lipinski definition) is 1. The Morgan fingerprint density at radius 1 is 1.22 bits per heavy atom. The molecule has 23 heavy (non-hydrogen) atoms. The molecular weight excluding hydrogens is 314 g/mol. The first-order chi connectivity index (χ1) is 10.7. The molecule has 6 nitrogen and oxygen atoms in total. The summed E-state index contributed by atoms with van der Waals surface area (Å²) < 4.78 is 22.5. The van der Waals surface area contributed by atoms with Crippen molar-refractivity contribution >= 4 is 21.6 Å². The highest BCUT2D eigenvalue weighted by Gasteiger charge is 2.33. The van der Waals surface area contributed by atoms with Crippen molar-refractivity contribution in [1.82, 2.24) is 4.90 Å². The lowest BCUT2D eigenvalue weighted by Crippen LogP contribution is -2.38. The fourth-order valence-corrected chi connectivity index (χ4v) is 3.09. The average Bonchev–Trinajstić information content (AvgIpc) is 3.34. The molecule has 1 aromatic carbocycles. The molecule has 0 saturated heterocycles. The number of likely N-dealkylation sites (N-methyl/N-ethyl adjacent to an activating group) is 2. The molecule has 0 bridgehead atoms. The SMILES string of the molecule is C[C@@H](C(=O)N(C)CCN(C)c1ccc(S(N)(=O)=O)cc1)C1CC1. The molecule has 128 valence electrons. The van der Waals surface area contributed by atoms with E-state index in [1.54, 1.807) is 17.0 Å². The van der Waals surface area contributed by atoms with Crippen molar-refractivity contribution in [2.45, 2.75) is 24.7 Å². The molecule has 0 aliphatic heterocycles. The number of anilines is 1. The Labute approximate surface area is 138 Å². The number of rotatable bonds is 7. The Balaban J connectivity index is 1.88. The molecule has 1 amide bonds. The number of hydrogen-bond acceptors (Lipinski definition) is 4. The Hall–Kier alpha value is -1.60. The van der Waals surface area contributed by atoms with E-state index in [4.69, 9.17) is 5.14 Å². The summed E-state index contributed by atoms with van der Waals surface area (Å²) in [5.74, 6) is 0.873. The van der Waals surface area contributed by atoms with E-state index in [-0.39, 0.29) is 16.7 Å². The zero-order valence-electron chi connectivity index (χ0n) is 13.9. The van der Waals surface area contributed by atoms with Gasteiger partial charge >= 0.3 is 0 Å². The van der Waals surface area contributed by atoms with Crippen LogP contribution in [0.3, 0.4) is 0 Å². The molecule has 7 heteroatoms. The van der Waals surface area contributed by atoms with Gasteiger partial charge in [-0.15, -0.1) is 0 Å². The van der Waals surface area contributed by atoms with Gasteiger partial charge in [0.1, 0.15) is 0 Å². The molecule has 1 atom stereocenters. The summed E-state index contributed by atoms with van der Waals surface area (Å²) in [6.45, 7) is 3.31. The molecular formula is C16H25N3O3S. The van der Waals surface area contributed by atoms with Crippen LogP contribution >= 0.6 is 0 Å². The molecule has 0 unspecified atom stereocenters. The van der Waals surface area contributed by atoms with E-state index in [1.807, 2.05) is 25.9 Å². The standard InChI is InChI=1S/C16H25N3O3S/c1-12(13-4-5-13)16(20)19(3)11-10-18(2)14-6-8-15(9-7-14)23(17,21)22/h6-9,12-13H,4-5,10-11H2,1-3H3,(H2,17,21,22)/t12-/m1/s1. The Bertz CT molecular complexity index is 654. The summed E-state index contributed by atoms with van der Waals surface area (Å²) in [6.07, 6.45) is 2.33. The monoisotopic (exact) mass is 339 g/mol. The molecule has 0 aromatic heterocycles. The molecule has 1 saturated carbocycles. The number of primary sulfonamides is 1. The van der Waals surface area contributed by atoms with Crippen LogP contribution in [-0.4, -0.2) is 46.4 Å². The largest absolute Gasteiger partial charge is 0.373 e. The fourth-order valence-electron chi connectivity index (χ4n) is 2.58. The number of carbonyl (C=O) groups excluding carboxylic acids is 1. The zero-order valence-corrected chi connectivity index (χ0v) is 14.7. The molecule has 0 spiro atoms. The van der Waals surface area contributed by atoms with E-state index in [2.05, 4.69) is 0 Å². The molecule has 1 aliphatic rings. The highest BCUT2D eigenvalue weighted by Crippen LogP contribution is 2.37. The molecule has 2 N–H and O–H groups in total. The van der Waals surface area contributed by atoms with Gasteiger partial charge in [0.2, 0.25) is 15.9 Å². The smallest absolute Gasteiger partial charge is 0.238 e. The quantitative estimate of drug-likeness (QED) is 0.811. The van der Waals surface area contributed by atoms with Gasteiger partial charge in [-0.2, -0.15) is 0 Å². The van der Waals surface area contributed by atoms with Crippen LogP contribution in [-0.2, 0) is 14.8 Å². The fraction of sp³-hybridized carbons (Fsp3) is 0.562. The number of sulfonamides is 1. The van der Waals surface area contributed by atoms with Crippen molar-refractivity contribution in [3.63, 3.8) is 0 Å². The number of amides is 1. The van der Waals surface area contributed by atoms with Gasteiger partial charge < -0.3 is 9.80 Å². The first-order valence-corrected chi connectivity index (χ1v) is 9.33. The highest BCUT2D eigenvalue weighted by molar-refractivity contribution is 7.89. The summed E-state index contributed by atoms with van der Waals surface area (Å²) in [6, 6.07) is 6.42. The van der Waals surface area contributed by atoms with Crippen molar-refractivity contribution in [2.75, 3.05) is 32.1 Å². The van der Waals surface area contributed by atoms with E-state index in [0.717, 1.165) is 18.5 Å². The van der Waals surface area contributed by atoms with E-state index in [9.17, 15) is 13.2 Å². The lowest BCUT2D eigenvalue weighted by atomic mass is 10.1. The maximum Gasteiger partial charge on any atom is 0.238 e. The van der Waals surface area contributed by atoms with Gasteiger partial charge in [0.25, 0.3) is 0 Å². The minimum Gasteiger partial charge on any atom is -0.373 e. The van der Waals surface area contributed by atoms with Crippen molar-refractivity contribution in [1.29, 1.82) is 0 Å². The van der Waals surface area contributed by atoms with Crippen molar-refractivity contribution in [2.24, 2.45) is 17.0 Å². The molecule has 1 fully saturated rings. The van der Waals surface area contributed by atoms with Crippen LogP contribution in [0.1, 0.15) is 19.8 Å². The van der Waals surface area contributed by atoms with Crippen LogP contribution in [0.25, 0.3) is 0 Å². The van der Waals surface area contributed by atoms with Gasteiger partial charge in [-0.1, -0.05) is 6.92 Å². The molecule has 1 aromatic rings. The van der Waals surface area contributed by atoms with Crippen LogP contribution in [0, 0.1) is 11.8 Å². The summed E-state index contributed by atoms with van der Waals surface area (Å²) in [7, 11) is 0.0783. The Morgan fingerprint density at radius 2 is 1.78 bits per heavy atom. The zero-order chi connectivity index (χ0) is 17.2. The number of nitrogens with two attached hydrogens (primary N) is 1. The van der Waals surface area contributed by atoms with Crippen LogP contribution < -0.4 is 10.0 Å². The van der Waals surface area contributed by atoms with Crippen molar-refractivity contribution < 1.29 is 13.2 Å². The number of benzene rings is 1. The third-order valence-electron chi connectivity index (χ3n) is 4.47. The topological polar surface area (TPSA) is 83.7 Å². The summed E-state index contributed by atoms with van der Waals surface area (Å²) >= 11 is 0. The second-order valence-corrected chi connectivity index (χ2v) is 7.91. The number of nitrogens with zero attached hydrogens (tertiary/aromatic N) is 2. The molecule has 1 aliphatic carbocycles. The third kappa shape index (κ3) is 4.68. The summed E-state index contributed by atoms with van der Waals surface area (Å²) in [5, 5.41) is 5.09. The third-order valence-corrected chi connectivity index (χ3v) is 5.40. The molecule has 0 heterocycles. The highest BCUT2D eigenvalue weighted by atomic mass is 32.2. The Kier molecular flexibility index (Phi) is 5.31. The summed E-state index contributed by atoms with van der Waals surface area (Å²) in [4.78, 5) is 16.1. The van der Waals surface area contributed by atoms with Gasteiger partial charge in [-0.3, -0.25) is 4.79 Å². The number of carbonyl (C=O) groups is 1. The predicted octanol–water partition coefficient (Wildman–Crippen LogP) is 1.27. The van der Waals surface area contributed by atoms with Gasteiger partial charge in [0.15, 0.2) is 0 Å². The van der Waals surface area contributed by atoms with Crippen molar-refractivity contribution in [3.05, 3.63) is 24.3 Å². The van der Waals surface area contributed by atoms with Crippen LogP contribution in [0.2, 0.25) is 0 Å². The van der Waals surface area contributed by atoms with Crippen LogP contribution in [0.5, 0.6) is 0 Å². The minimum atomic E-state index is -3.67. The van der Waals surface area contributed by atoms with E-state index in [0.29, 0.717) is 19.0 Å². The second-order valence-electron chi connectivity index (χ2n) is 6.35. The van der Waals surface area contributed by atoms with Crippen LogP contribution in [0.15, 0.2) is 29.2 Å². The van der Waals surface area contributed by atoms with E-state index >= 15 is 0 Å². The Morgan fingerprint density at radius 3 is 2.26 bits per heavy atom. The average molecular weight is 339 g/mol. The maximum absolute atomic E-state index is 12.3. The maximum atomic E-state index is 12.3. The molecule has 2 rings (SSSR count). The van der Waals surface area contributed by atoms with E-state index in [1.165, 1.54) is 12.1 Å². The first kappa shape index (κ1) is 17.7. The lowest BCUT2D eigenvalue weighted by Gasteiger charge is -2.25. The summed E-state index contributed by atoms with van der Waals surface area (Å²) in [5.41, 5.74) is 0.883. The van der Waals surface area contributed by atoms with Gasteiger partial charge in [-0.05, 0) is 43.0 Å². The first-order valence-electron chi connectivity index (χ1n) is 7.79. The predicted molar refractivity (Wildman–Crippen MR) is 90.6 cm³/mol. The van der Waals surface area contributed by atoms with E-state index < -0.39 is 10.0 Å².